The molecule has 1 aliphatic heterocycles. The molecule has 0 saturated carbocycles. The lowest BCUT2D eigenvalue weighted by Crippen LogP contribution is -2.52. The van der Waals surface area contributed by atoms with Gasteiger partial charge in [0.05, 0.1) is 5.92 Å². The lowest BCUT2D eigenvalue weighted by atomic mass is 9.82. The van der Waals surface area contributed by atoms with E-state index in [0.717, 1.165) is 13.1 Å². The molecule has 3 nitrogen and oxygen atoms in total. The van der Waals surface area contributed by atoms with Crippen LogP contribution in [0, 0.1) is 12.8 Å². The van der Waals surface area contributed by atoms with Crippen LogP contribution in [0.25, 0.3) is 0 Å². The largest absolute Gasteiger partial charge is 0.355 e. The van der Waals surface area contributed by atoms with Gasteiger partial charge in [-0.2, -0.15) is 0 Å². The van der Waals surface area contributed by atoms with Gasteiger partial charge in [-0.3, -0.25) is 4.79 Å². The molecular weight excluding hydrogens is 260 g/mol. The summed E-state index contributed by atoms with van der Waals surface area (Å²) < 4.78 is 0. The third kappa shape index (κ3) is 3.71. The van der Waals surface area contributed by atoms with Crippen LogP contribution in [0.5, 0.6) is 0 Å². The minimum Gasteiger partial charge on any atom is -0.355 e. The zero-order valence-corrected chi connectivity index (χ0v) is 12.6. The Morgan fingerprint density at radius 2 is 2.00 bits per heavy atom. The first-order valence-electron chi connectivity index (χ1n) is 6.55. The molecule has 0 aliphatic carbocycles. The third-order valence-corrected chi connectivity index (χ3v) is 3.73. The number of hydrogen-bond donors (Lipinski definition) is 2. The maximum Gasteiger partial charge on any atom is 0.225 e. The van der Waals surface area contributed by atoms with Crippen molar-refractivity contribution in [2.45, 2.75) is 26.2 Å². The molecule has 106 valence electrons. The van der Waals surface area contributed by atoms with Crippen LogP contribution in [-0.4, -0.2) is 25.5 Å². The van der Waals surface area contributed by atoms with E-state index in [1.54, 1.807) is 0 Å². The Morgan fingerprint density at radius 1 is 1.37 bits per heavy atom. The summed E-state index contributed by atoms with van der Waals surface area (Å²) in [7, 11) is 0. The Labute approximate surface area is 121 Å². The second-order valence-corrected chi connectivity index (χ2v) is 5.77. The SMILES string of the molecule is Cc1ccccc1C(C)(C)CNC(=O)C1CNC1.Cl. The Kier molecular flexibility index (Phi) is 5.39. The van der Waals surface area contributed by atoms with Crippen molar-refractivity contribution in [1.82, 2.24) is 10.6 Å². The van der Waals surface area contributed by atoms with Crippen molar-refractivity contribution < 1.29 is 4.79 Å². The molecule has 19 heavy (non-hydrogen) atoms. The van der Waals surface area contributed by atoms with Gasteiger partial charge in [0.25, 0.3) is 0 Å². The predicted octanol–water partition coefficient (Wildman–Crippen LogP) is 2.03. The highest BCUT2D eigenvalue weighted by atomic mass is 35.5. The molecule has 0 radical (unpaired) electrons. The normalized spacial score (nSPS) is 15.3. The summed E-state index contributed by atoms with van der Waals surface area (Å²) in [5.74, 6) is 0.341. The lowest BCUT2D eigenvalue weighted by Gasteiger charge is -2.30. The summed E-state index contributed by atoms with van der Waals surface area (Å²) in [4.78, 5) is 11.8. The fraction of sp³-hybridized carbons (Fsp3) is 0.533. The molecular formula is C15H23ClN2O. The minimum atomic E-state index is -0.0296. The Balaban J connectivity index is 0.00000180. The molecule has 1 aromatic rings. The highest BCUT2D eigenvalue weighted by Gasteiger charge is 2.28. The molecule has 0 aromatic heterocycles. The first-order chi connectivity index (χ1) is 8.50. The summed E-state index contributed by atoms with van der Waals surface area (Å²) in [5.41, 5.74) is 2.55. The molecule has 4 heteroatoms. The molecule has 0 bridgehead atoms. The average molecular weight is 283 g/mol. The van der Waals surface area contributed by atoms with E-state index >= 15 is 0 Å². The standard InChI is InChI=1S/C15H22N2O.ClH/c1-11-6-4-5-7-13(11)15(2,3)10-17-14(18)12-8-16-9-12;/h4-7,12,16H,8-10H2,1-3H3,(H,17,18);1H. The van der Waals surface area contributed by atoms with Crippen molar-refractivity contribution in [1.29, 1.82) is 0 Å². The number of aryl methyl sites for hydroxylation is 1. The first-order valence-corrected chi connectivity index (χ1v) is 6.55. The molecule has 1 fully saturated rings. The molecule has 1 amide bonds. The second kappa shape index (κ2) is 6.40. The van der Waals surface area contributed by atoms with Crippen LogP contribution < -0.4 is 10.6 Å². The first kappa shape index (κ1) is 16.0. The molecule has 1 aromatic carbocycles. The van der Waals surface area contributed by atoms with Crippen molar-refractivity contribution >= 4 is 18.3 Å². The summed E-state index contributed by atoms with van der Waals surface area (Å²) in [6.45, 7) is 8.79. The van der Waals surface area contributed by atoms with Gasteiger partial charge in [0.1, 0.15) is 0 Å². The molecule has 1 aliphatic rings. The zero-order chi connectivity index (χ0) is 13.2. The summed E-state index contributed by atoms with van der Waals surface area (Å²) in [6.07, 6.45) is 0. The van der Waals surface area contributed by atoms with Crippen LogP contribution in [0.1, 0.15) is 25.0 Å². The van der Waals surface area contributed by atoms with Gasteiger partial charge in [0.2, 0.25) is 5.91 Å². The van der Waals surface area contributed by atoms with Gasteiger partial charge in [0, 0.05) is 25.0 Å². The average Bonchev–Trinajstić information content (AvgIpc) is 2.24. The van der Waals surface area contributed by atoms with Gasteiger partial charge in [0.15, 0.2) is 0 Å². The quantitative estimate of drug-likeness (QED) is 0.887. The fourth-order valence-corrected chi connectivity index (χ4v) is 2.35. The van der Waals surface area contributed by atoms with Gasteiger partial charge < -0.3 is 10.6 Å². The van der Waals surface area contributed by atoms with Crippen LogP contribution in [0.3, 0.4) is 0 Å². The van der Waals surface area contributed by atoms with Crippen LogP contribution in [0.2, 0.25) is 0 Å². The van der Waals surface area contributed by atoms with Gasteiger partial charge in [-0.05, 0) is 18.1 Å². The van der Waals surface area contributed by atoms with E-state index in [9.17, 15) is 4.79 Å². The van der Waals surface area contributed by atoms with E-state index in [0.29, 0.717) is 6.54 Å². The summed E-state index contributed by atoms with van der Waals surface area (Å²) in [5, 5.41) is 6.19. The lowest BCUT2D eigenvalue weighted by molar-refractivity contribution is -0.126. The Morgan fingerprint density at radius 3 is 2.53 bits per heavy atom. The maximum absolute atomic E-state index is 11.8. The molecule has 1 saturated heterocycles. The van der Waals surface area contributed by atoms with Crippen molar-refractivity contribution in [3.05, 3.63) is 35.4 Å². The monoisotopic (exact) mass is 282 g/mol. The number of nitrogens with one attached hydrogen (secondary N) is 2. The van der Waals surface area contributed by atoms with E-state index in [4.69, 9.17) is 0 Å². The zero-order valence-electron chi connectivity index (χ0n) is 11.8. The molecule has 0 spiro atoms. The molecule has 1 heterocycles. The summed E-state index contributed by atoms with van der Waals surface area (Å²) in [6, 6.07) is 8.37. The number of carbonyl (C=O) groups is 1. The number of halogens is 1. The van der Waals surface area contributed by atoms with Crippen molar-refractivity contribution in [2.75, 3.05) is 19.6 Å². The van der Waals surface area contributed by atoms with E-state index in [1.165, 1.54) is 11.1 Å². The third-order valence-electron chi connectivity index (χ3n) is 3.73. The van der Waals surface area contributed by atoms with Crippen LogP contribution in [0.4, 0.5) is 0 Å². The van der Waals surface area contributed by atoms with E-state index in [2.05, 4.69) is 49.6 Å². The molecule has 0 unspecified atom stereocenters. The number of rotatable bonds is 4. The van der Waals surface area contributed by atoms with Crippen LogP contribution >= 0.6 is 12.4 Å². The van der Waals surface area contributed by atoms with E-state index in [1.807, 2.05) is 6.07 Å². The Bertz CT molecular complexity index is 442. The van der Waals surface area contributed by atoms with E-state index in [-0.39, 0.29) is 29.6 Å². The summed E-state index contributed by atoms with van der Waals surface area (Å²) >= 11 is 0. The van der Waals surface area contributed by atoms with Crippen molar-refractivity contribution in [3.63, 3.8) is 0 Å². The number of benzene rings is 1. The number of amides is 1. The molecule has 2 N–H and O–H groups in total. The van der Waals surface area contributed by atoms with Crippen LogP contribution in [0.15, 0.2) is 24.3 Å². The van der Waals surface area contributed by atoms with Gasteiger partial charge in [-0.25, -0.2) is 0 Å². The van der Waals surface area contributed by atoms with Gasteiger partial charge in [-0.1, -0.05) is 38.1 Å². The van der Waals surface area contributed by atoms with Crippen LogP contribution in [-0.2, 0) is 10.2 Å². The van der Waals surface area contributed by atoms with Gasteiger partial charge >= 0.3 is 0 Å². The maximum atomic E-state index is 11.8. The smallest absolute Gasteiger partial charge is 0.225 e. The predicted molar refractivity (Wildman–Crippen MR) is 80.8 cm³/mol. The highest BCUT2D eigenvalue weighted by molar-refractivity contribution is 5.85. The van der Waals surface area contributed by atoms with E-state index < -0.39 is 0 Å². The fourth-order valence-electron chi connectivity index (χ4n) is 2.35. The van der Waals surface area contributed by atoms with Gasteiger partial charge in [-0.15, -0.1) is 12.4 Å². The highest BCUT2D eigenvalue weighted by Crippen LogP contribution is 2.25. The topological polar surface area (TPSA) is 41.1 Å². The molecule has 0 atom stereocenters. The number of hydrogen-bond acceptors (Lipinski definition) is 2. The van der Waals surface area contributed by atoms with Crippen molar-refractivity contribution in [3.8, 4) is 0 Å². The molecule has 2 rings (SSSR count). The number of carbonyl (C=O) groups excluding carboxylic acids is 1. The minimum absolute atomic E-state index is 0. The Hall–Kier alpha value is -1.06. The second-order valence-electron chi connectivity index (χ2n) is 5.77. The van der Waals surface area contributed by atoms with Crippen molar-refractivity contribution in [2.24, 2.45) is 5.92 Å².